The molecule has 0 radical (unpaired) electrons. The van der Waals surface area contributed by atoms with Gasteiger partial charge in [0.25, 0.3) is 11.6 Å². The standard InChI is InChI=1S/C23H17BrF3N3O5/c1-34-20-11-15(12-28-29-22(31)17-4-2-3-5-18(17)23(25,26)27)10-19(24)21(20)35-13-14-6-8-16(9-7-14)30(32)33/h2-12H,13H2,1H3,(H,29,31). The lowest BCUT2D eigenvalue weighted by Gasteiger charge is -2.13. The van der Waals surface area contributed by atoms with Crippen LogP contribution in [0.5, 0.6) is 11.5 Å². The van der Waals surface area contributed by atoms with E-state index in [1.165, 1.54) is 37.6 Å². The minimum absolute atomic E-state index is 0.0369. The molecule has 3 rings (SSSR count). The van der Waals surface area contributed by atoms with Crippen molar-refractivity contribution in [2.75, 3.05) is 7.11 Å². The molecule has 12 heteroatoms. The zero-order chi connectivity index (χ0) is 25.6. The molecule has 0 bridgehead atoms. The number of non-ortho nitro benzene ring substituents is 1. The van der Waals surface area contributed by atoms with Gasteiger partial charge in [-0.15, -0.1) is 0 Å². The average molecular weight is 552 g/mol. The second-order valence-electron chi connectivity index (χ2n) is 6.99. The number of nitrogens with one attached hydrogen (secondary N) is 1. The normalized spacial score (nSPS) is 11.3. The van der Waals surface area contributed by atoms with Gasteiger partial charge in [0.15, 0.2) is 11.5 Å². The third kappa shape index (κ3) is 6.57. The summed E-state index contributed by atoms with van der Waals surface area (Å²) in [7, 11) is 1.41. The van der Waals surface area contributed by atoms with E-state index >= 15 is 0 Å². The number of nitro benzene ring substituents is 1. The number of carbonyl (C=O) groups excluding carboxylic acids is 1. The van der Waals surface area contributed by atoms with E-state index in [1.54, 1.807) is 24.3 Å². The Morgan fingerprint density at radius 3 is 2.49 bits per heavy atom. The molecule has 0 atom stereocenters. The van der Waals surface area contributed by atoms with Crippen molar-refractivity contribution in [1.82, 2.24) is 5.43 Å². The van der Waals surface area contributed by atoms with Crippen LogP contribution in [0.2, 0.25) is 0 Å². The van der Waals surface area contributed by atoms with Gasteiger partial charge in [0.2, 0.25) is 0 Å². The number of carbonyl (C=O) groups is 1. The van der Waals surface area contributed by atoms with Gasteiger partial charge in [-0.2, -0.15) is 18.3 Å². The number of amides is 1. The highest BCUT2D eigenvalue weighted by atomic mass is 79.9. The number of benzene rings is 3. The quantitative estimate of drug-likeness (QED) is 0.219. The first-order valence-corrected chi connectivity index (χ1v) is 10.6. The zero-order valence-corrected chi connectivity index (χ0v) is 19.6. The Morgan fingerprint density at radius 2 is 1.86 bits per heavy atom. The number of methoxy groups -OCH3 is 1. The van der Waals surface area contributed by atoms with Crippen molar-refractivity contribution in [1.29, 1.82) is 0 Å². The second-order valence-corrected chi connectivity index (χ2v) is 7.84. The van der Waals surface area contributed by atoms with Crippen LogP contribution in [0.15, 0.2) is 70.2 Å². The van der Waals surface area contributed by atoms with E-state index < -0.39 is 28.1 Å². The van der Waals surface area contributed by atoms with Crippen LogP contribution >= 0.6 is 15.9 Å². The molecule has 3 aromatic rings. The molecule has 0 aliphatic heterocycles. The molecule has 0 heterocycles. The molecule has 0 aliphatic rings. The summed E-state index contributed by atoms with van der Waals surface area (Å²) in [6.45, 7) is 0.106. The maximum absolute atomic E-state index is 13.1. The number of alkyl halides is 3. The Labute approximate surface area is 205 Å². The fraction of sp³-hybridized carbons (Fsp3) is 0.130. The van der Waals surface area contributed by atoms with Crippen molar-refractivity contribution in [2.45, 2.75) is 12.8 Å². The highest BCUT2D eigenvalue weighted by Gasteiger charge is 2.34. The molecular formula is C23H17BrF3N3O5. The van der Waals surface area contributed by atoms with E-state index in [2.05, 4.69) is 26.5 Å². The van der Waals surface area contributed by atoms with Crippen molar-refractivity contribution in [3.8, 4) is 11.5 Å². The fourth-order valence-electron chi connectivity index (χ4n) is 2.98. The van der Waals surface area contributed by atoms with Gasteiger partial charge in [0, 0.05) is 12.1 Å². The van der Waals surface area contributed by atoms with Crippen LogP contribution in [0.4, 0.5) is 18.9 Å². The third-order valence-corrected chi connectivity index (χ3v) is 5.23. The number of halogens is 4. The maximum atomic E-state index is 13.1. The second kappa shape index (κ2) is 11.0. The van der Waals surface area contributed by atoms with Crippen LogP contribution in [-0.2, 0) is 12.8 Å². The first-order valence-electron chi connectivity index (χ1n) is 9.83. The fourth-order valence-corrected chi connectivity index (χ4v) is 3.55. The Kier molecular flexibility index (Phi) is 8.07. The Hall–Kier alpha value is -3.93. The highest BCUT2D eigenvalue weighted by Crippen LogP contribution is 2.37. The molecule has 0 aromatic heterocycles. The number of nitro groups is 1. The van der Waals surface area contributed by atoms with Gasteiger partial charge in [0.05, 0.1) is 33.8 Å². The van der Waals surface area contributed by atoms with E-state index in [1.807, 2.05) is 0 Å². The van der Waals surface area contributed by atoms with Gasteiger partial charge < -0.3 is 9.47 Å². The molecule has 0 unspecified atom stereocenters. The lowest BCUT2D eigenvalue weighted by Crippen LogP contribution is -2.22. The molecule has 0 saturated heterocycles. The number of ether oxygens (including phenoxy) is 2. The van der Waals surface area contributed by atoms with Crippen LogP contribution in [0.25, 0.3) is 0 Å². The molecule has 0 spiro atoms. The number of hydrazone groups is 1. The van der Waals surface area contributed by atoms with Crippen molar-refractivity contribution in [3.05, 3.63) is 97.5 Å². The first kappa shape index (κ1) is 25.7. The summed E-state index contributed by atoms with van der Waals surface area (Å²) in [4.78, 5) is 22.5. The summed E-state index contributed by atoms with van der Waals surface area (Å²) in [5.74, 6) is -0.342. The van der Waals surface area contributed by atoms with E-state index in [9.17, 15) is 28.1 Å². The van der Waals surface area contributed by atoms with Crippen LogP contribution in [-0.4, -0.2) is 24.2 Å². The van der Waals surface area contributed by atoms with Crippen molar-refractivity contribution >= 4 is 33.7 Å². The Balaban J connectivity index is 1.71. The molecule has 0 saturated carbocycles. The smallest absolute Gasteiger partial charge is 0.417 e. The SMILES string of the molecule is COc1cc(C=NNC(=O)c2ccccc2C(F)(F)F)cc(Br)c1OCc1ccc([N+](=O)[O-])cc1. The highest BCUT2D eigenvalue weighted by molar-refractivity contribution is 9.10. The zero-order valence-electron chi connectivity index (χ0n) is 18.0. The summed E-state index contributed by atoms with van der Waals surface area (Å²) >= 11 is 3.36. The summed E-state index contributed by atoms with van der Waals surface area (Å²) in [5, 5.41) is 14.5. The van der Waals surface area contributed by atoms with E-state index in [4.69, 9.17) is 9.47 Å². The Morgan fingerprint density at radius 1 is 1.17 bits per heavy atom. The van der Waals surface area contributed by atoms with Crippen molar-refractivity contribution in [3.63, 3.8) is 0 Å². The lowest BCUT2D eigenvalue weighted by molar-refractivity contribution is -0.384. The Bertz CT molecular complexity index is 1260. The lowest BCUT2D eigenvalue weighted by atomic mass is 10.1. The van der Waals surface area contributed by atoms with Gasteiger partial charge in [-0.1, -0.05) is 12.1 Å². The topological polar surface area (TPSA) is 103 Å². The summed E-state index contributed by atoms with van der Waals surface area (Å²) in [6, 6.07) is 13.4. The molecule has 1 N–H and O–H groups in total. The third-order valence-electron chi connectivity index (χ3n) is 4.64. The first-order chi connectivity index (χ1) is 16.6. The van der Waals surface area contributed by atoms with E-state index in [0.717, 1.165) is 12.1 Å². The minimum atomic E-state index is -4.68. The van der Waals surface area contributed by atoms with Crippen LogP contribution in [0.1, 0.15) is 27.0 Å². The molecule has 0 aliphatic carbocycles. The van der Waals surface area contributed by atoms with Crippen LogP contribution < -0.4 is 14.9 Å². The predicted molar refractivity (Wildman–Crippen MR) is 125 cm³/mol. The predicted octanol–water partition coefficient (Wildman–Crippen LogP) is 5.73. The molecule has 8 nitrogen and oxygen atoms in total. The molecule has 0 fully saturated rings. The monoisotopic (exact) mass is 551 g/mol. The number of nitrogens with zero attached hydrogens (tertiary/aromatic N) is 2. The largest absolute Gasteiger partial charge is 0.493 e. The molecule has 3 aromatic carbocycles. The van der Waals surface area contributed by atoms with Crippen LogP contribution in [0, 0.1) is 10.1 Å². The molecule has 1 amide bonds. The van der Waals surface area contributed by atoms with E-state index in [0.29, 0.717) is 27.1 Å². The minimum Gasteiger partial charge on any atom is -0.493 e. The molecular weight excluding hydrogens is 535 g/mol. The van der Waals surface area contributed by atoms with E-state index in [-0.39, 0.29) is 12.3 Å². The molecule has 182 valence electrons. The average Bonchev–Trinajstić information content (AvgIpc) is 2.82. The number of hydrogen-bond donors (Lipinski definition) is 1. The van der Waals surface area contributed by atoms with Gasteiger partial charge >= 0.3 is 6.18 Å². The van der Waals surface area contributed by atoms with Gasteiger partial charge in [-0.25, -0.2) is 5.43 Å². The van der Waals surface area contributed by atoms with Gasteiger partial charge in [0.1, 0.15) is 6.61 Å². The molecule has 35 heavy (non-hydrogen) atoms. The van der Waals surface area contributed by atoms with Gasteiger partial charge in [-0.05, 0) is 63.5 Å². The van der Waals surface area contributed by atoms with Crippen LogP contribution in [0.3, 0.4) is 0 Å². The maximum Gasteiger partial charge on any atom is 0.417 e. The van der Waals surface area contributed by atoms with Crippen molar-refractivity contribution in [2.24, 2.45) is 5.10 Å². The number of rotatable bonds is 8. The van der Waals surface area contributed by atoms with Crippen molar-refractivity contribution < 1.29 is 32.4 Å². The summed E-state index contributed by atoms with van der Waals surface area (Å²) in [5.41, 5.74) is 1.59. The summed E-state index contributed by atoms with van der Waals surface area (Å²) in [6.07, 6.45) is -3.44. The van der Waals surface area contributed by atoms with Gasteiger partial charge in [-0.3, -0.25) is 14.9 Å². The number of hydrogen-bond acceptors (Lipinski definition) is 6. The summed E-state index contributed by atoms with van der Waals surface area (Å²) < 4.78 is 50.9.